The summed E-state index contributed by atoms with van der Waals surface area (Å²) in [5, 5.41) is 0. The first-order chi connectivity index (χ1) is 8.84. The van der Waals surface area contributed by atoms with Gasteiger partial charge in [0, 0.05) is 4.47 Å². The molecule has 100 valence electrons. The zero-order valence-corrected chi connectivity index (χ0v) is 12.5. The summed E-state index contributed by atoms with van der Waals surface area (Å²) in [5.41, 5.74) is 0. The number of benzene rings is 1. The van der Waals surface area contributed by atoms with Gasteiger partial charge in [-0.25, -0.2) is 0 Å². The predicted octanol–water partition coefficient (Wildman–Crippen LogP) is 2.68. The fraction of sp³-hybridized carbons (Fsp3) is 0.600. The molecule has 0 amide bonds. The Hall–Kier alpha value is -0.540. The maximum atomic E-state index is 5.72. The number of ether oxygens (including phenoxy) is 1. The van der Waals surface area contributed by atoms with Crippen LogP contribution in [0.1, 0.15) is 32.1 Å². The molecule has 1 saturated heterocycles. The van der Waals surface area contributed by atoms with E-state index in [4.69, 9.17) is 4.74 Å². The quantitative estimate of drug-likeness (QED) is 0.797. The van der Waals surface area contributed by atoms with Gasteiger partial charge in [-0.15, -0.1) is 0 Å². The highest BCUT2D eigenvalue weighted by Gasteiger charge is 2.12. The van der Waals surface area contributed by atoms with Crippen molar-refractivity contribution >= 4 is 15.9 Å². The van der Waals surface area contributed by atoms with E-state index >= 15 is 0 Å². The normalized spacial score (nSPS) is 16.7. The van der Waals surface area contributed by atoms with Crippen LogP contribution < -0.4 is 9.64 Å². The Morgan fingerprint density at radius 1 is 1.00 bits per heavy atom. The van der Waals surface area contributed by atoms with Crippen LogP contribution in [-0.2, 0) is 0 Å². The summed E-state index contributed by atoms with van der Waals surface area (Å²) in [7, 11) is 0. The number of likely N-dealkylation sites (tertiary alicyclic amines) is 1. The van der Waals surface area contributed by atoms with Crippen LogP contribution in [0.2, 0.25) is 0 Å². The third-order valence-electron chi connectivity index (χ3n) is 3.57. The molecule has 1 aliphatic rings. The van der Waals surface area contributed by atoms with Crippen LogP contribution in [0, 0.1) is 0 Å². The summed E-state index contributed by atoms with van der Waals surface area (Å²) in [5.74, 6) is 0.975. The van der Waals surface area contributed by atoms with E-state index in [2.05, 4.69) is 15.9 Å². The molecule has 1 aromatic rings. The maximum Gasteiger partial charge on any atom is 0.119 e. The van der Waals surface area contributed by atoms with Crippen LogP contribution in [0.15, 0.2) is 28.7 Å². The van der Waals surface area contributed by atoms with Gasteiger partial charge < -0.3 is 9.64 Å². The van der Waals surface area contributed by atoms with Crippen LogP contribution in [0.25, 0.3) is 0 Å². The third kappa shape index (κ3) is 4.99. The van der Waals surface area contributed by atoms with Crippen LogP contribution in [0.4, 0.5) is 0 Å². The number of unbranched alkanes of at least 4 members (excludes halogenated alkanes) is 1. The van der Waals surface area contributed by atoms with Gasteiger partial charge in [-0.2, -0.15) is 0 Å². The zero-order chi connectivity index (χ0) is 12.6. The second-order valence-electron chi connectivity index (χ2n) is 5.07. The summed E-state index contributed by atoms with van der Waals surface area (Å²) < 4.78 is 6.82. The molecule has 0 saturated carbocycles. The third-order valence-corrected chi connectivity index (χ3v) is 4.10. The second kappa shape index (κ2) is 7.80. The molecule has 0 aliphatic carbocycles. The van der Waals surface area contributed by atoms with E-state index in [0.29, 0.717) is 0 Å². The van der Waals surface area contributed by atoms with E-state index in [1.807, 2.05) is 24.3 Å². The molecule has 1 aromatic carbocycles. The van der Waals surface area contributed by atoms with E-state index in [0.717, 1.165) is 16.8 Å². The lowest BCUT2D eigenvalue weighted by Gasteiger charge is -2.23. The zero-order valence-electron chi connectivity index (χ0n) is 11.0. The van der Waals surface area contributed by atoms with Crippen molar-refractivity contribution in [3.05, 3.63) is 28.7 Å². The molecule has 0 atom stereocenters. The van der Waals surface area contributed by atoms with Crippen molar-refractivity contribution in [3.8, 4) is 5.75 Å². The molecular weight excluding hydrogens is 290 g/mol. The van der Waals surface area contributed by atoms with Crippen molar-refractivity contribution in [1.82, 2.24) is 0 Å². The lowest BCUT2D eigenvalue weighted by molar-refractivity contribution is -0.905. The number of piperidine rings is 1. The fourth-order valence-corrected chi connectivity index (χ4v) is 2.76. The number of halogens is 1. The van der Waals surface area contributed by atoms with Gasteiger partial charge in [0.1, 0.15) is 5.75 Å². The standard InChI is InChI=1S/C15H22BrNO/c16-14-6-8-15(9-7-14)18-13-5-4-12-17-10-2-1-3-11-17/h6-9H,1-5,10-13H2/p+1. The summed E-state index contributed by atoms with van der Waals surface area (Å²) in [6.45, 7) is 4.93. The maximum absolute atomic E-state index is 5.72. The van der Waals surface area contributed by atoms with E-state index < -0.39 is 0 Å². The van der Waals surface area contributed by atoms with E-state index in [-0.39, 0.29) is 0 Å². The Labute approximate surface area is 118 Å². The molecule has 0 aromatic heterocycles. The molecular formula is C15H23BrNO+. The van der Waals surface area contributed by atoms with Crippen molar-refractivity contribution in [2.45, 2.75) is 32.1 Å². The number of hydrogen-bond donors (Lipinski definition) is 1. The molecule has 0 spiro atoms. The first-order valence-electron chi connectivity index (χ1n) is 7.06. The SMILES string of the molecule is Brc1ccc(OCCCC[NH+]2CCCCC2)cc1. The molecule has 3 heteroatoms. The van der Waals surface area contributed by atoms with Crippen molar-refractivity contribution in [2.24, 2.45) is 0 Å². The van der Waals surface area contributed by atoms with Gasteiger partial charge in [-0.1, -0.05) is 15.9 Å². The van der Waals surface area contributed by atoms with E-state index in [1.165, 1.54) is 51.7 Å². The van der Waals surface area contributed by atoms with Crippen LogP contribution in [0.3, 0.4) is 0 Å². The summed E-state index contributed by atoms with van der Waals surface area (Å²) in [6.07, 6.45) is 6.73. The predicted molar refractivity (Wildman–Crippen MR) is 78.3 cm³/mol. The highest BCUT2D eigenvalue weighted by molar-refractivity contribution is 9.10. The molecule has 0 bridgehead atoms. The van der Waals surface area contributed by atoms with Crippen molar-refractivity contribution < 1.29 is 9.64 Å². The van der Waals surface area contributed by atoms with Crippen molar-refractivity contribution in [1.29, 1.82) is 0 Å². The minimum atomic E-state index is 0.842. The van der Waals surface area contributed by atoms with Crippen molar-refractivity contribution in [2.75, 3.05) is 26.2 Å². The van der Waals surface area contributed by atoms with Gasteiger partial charge in [-0.05, 0) is 56.4 Å². The van der Waals surface area contributed by atoms with Crippen LogP contribution in [-0.4, -0.2) is 26.2 Å². The lowest BCUT2D eigenvalue weighted by atomic mass is 10.1. The Morgan fingerprint density at radius 2 is 1.72 bits per heavy atom. The van der Waals surface area contributed by atoms with Gasteiger partial charge in [0.2, 0.25) is 0 Å². The average Bonchev–Trinajstić information content (AvgIpc) is 2.42. The monoisotopic (exact) mass is 312 g/mol. The highest BCUT2D eigenvalue weighted by atomic mass is 79.9. The Bertz CT molecular complexity index is 333. The molecule has 1 fully saturated rings. The second-order valence-corrected chi connectivity index (χ2v) is 5.99. The Kier molecular flexibility index (Phi) is 6.01. The van der Waals surface area contributed by atoms with E-state index in [9.17, 15) is 0 Å². The molecule has 0 radical (unpaired) electrons. The van der Waals surface area contributed by atoms with Gasteiger partial charge in [0.15, 0.2) is 0 Å². The molecule has 2 nitrogen and oxygen atoms in total. The Morgan fingerprint density at radius 3 is 2.44 bits per heavy atom. The van der Waals surface area contributed by atoms with Gasteiger partial charge in [-0.3, -0.25) is 0 Å². The van der Waals surface area contributed by atoms with Crippen LogP contribution >= 0.6 is 15.9 Å². The number of quaternary nitrogens is 1. The number of hydrogen-bond acceptors (Lipinski definition) is 1. The summed E-state index contributed by atoms with van der Waals surface area (Å²) in [4.78, 5) is 1.80. The minimum absolute atomic E-state index is 0.842. The topological polar surface area (TPSA) is 13.7 Å². The minimum Gasteiger partial charge on any atom is -0.494 e. The van der Waals surface area contributed by atoms with Crippen LogP contribution in [0.5, 0.6) is 5.75 Å². The smallest absolute Gasteiger partial charge is 0.119 e. The summed E-state index contributed by atoms with van der Waals surface area (Å²) in [6, 6.07) is 8.07. The summed E-state index contributed by atoms with van der Waals surface area (Å²) >= 11 is 3.42. The average molecular weight is 313 g/mol. The molecule has 1 heterocycles. The largest absolute Gasteiger partial charge is 0.494 e. The van der Waals surface area contributed by atoms with Gasteiger partial charge >= 0.3 is 0 Å². The number of rotatable bonds is 6. The highest BCUT2D eigenvalue weighted by Crippen LogP contribution is 2.16. The van der Waals surface area contributed by atoms with Crippen molar-refractivity contribution in [3.63, 3.8) is 0 Å². The van der Waals surface area contributed by atoms with Gasteiger partial charge in [0.25, 0.3) is 0 Å². The fourth-order valence-electron chi connectivity index (χ4n) is 2.50. The molecule has 2 rings (SSSR count). The molecule has 18 heavy (non-hydrogen) atoms. The number of nitrogens with one attached hydrogen (secondary N) is 1. The molecule has 0 unspecified atom stereocenters. The lowest BCUT2D eigenvalue weighted by Crippen LogP contribution is -3.12. The first kappa shape index (κ1) is 13.9. The Balaban J connectivity index is 1.54. The van der Waals surface area contributed by atoms with Gasteiger partial charge in [0.05, 0.1) is 26.2 Å². The molecule has 1 N–H and O–H groups in total. The van der Waals surface area contributed by atoms with E-state index in [1.54, 1.807) is 4.90 Å². The molecule has 1 aliphatic heterocycles. The first-order valence-corrected chi connectivity index (χ1v) is 7.86.